The minimum absolute atomic E-state index is 0.269. The molecular weight excluding hydrogens is 268 g/mol. The molecule has 0 aliphatic rings. The van der Waals surface area contributed by atoms with Gasteiger partial charge in [-0.2, -0.15) is 0 Å². The van der Waals surface area contributed by atoms with Gasteiger partial charge in [0.1, 0.15) is 0 Å². The van der Waals surface area contributed by atoms with Crippen molar-refractivity contribution in [2.75, 3.05) is 7.11 Å². The van der Waals surface area contributed by atoms with E-state index in [0.717, 1.165) is 11.6 Å². The molecule has 0 aliphatic carbocycles. The molecule has 0 bridgehead atoms. The molecule has 4 heteroatoms. The fourth-order valence-electron chi connectivity index (χ4n) is 2.31. The number of thiazole rings is 1. The second-order valence-corrected chi connectivity index (χ2v) is 6.44. The van der Waals surface area contributed by atoms with Crippen LogP contribution in [-0.2, 0) is 17.9 Å². The molecule has 3 nitrogen and oxygen atoms in total. The molecule has 0 aliphatic heterocycles. The van der Waals surface area contributed by atoms with Gasteiger partial charge in [-0.1, -0.05) is 24.3 Å². The van der Waals surface area contributed by atoms with Crippen LogP contribution in [0.3, 0.4) is 0 Å². The van der Waals surface area contributed by atoms with Gasteiger partial charge < -0.3 is 10.1 Å². The van der Waals surface area contributed by atoms with Crippen LogP contribution in [0.4, 0.5) is 0 Å². The van der Waals surface area contributed by atoms with Gasteiger partial charge in [0.25, 0.3) is 0 Å². The number of methoxy groups -OCH3 is 1. The van der Waals surface area contributed by atoms with Crippen LogP contribution in [0.25, 0.3) is 0 Å². The van der Waals surface area contributed by atoms with Gasteiger partial charge in [0.2, 0.25) is 0 Å². The summed E-state index contributed by atoms with van der Waals surface area (Å²) >= 11 is 1.76. The molecule has 2 aromatic rings. The molecule has 0 saturated heterocycles. The number of nitrogens with zero attached hydrogens (tertiary/aromatic N) is 1. The maximum atomic E-state index is 5.17. The average molecular weight is 290 g/mol. The summed E-state index contributed by atoms with van der Waals surface area (Å²) < 4.78 is 5.17. The standard InChI is InChI=1S/C16H22N2OS/c1-11(16-12(2)20-13(3)18-16)17-9-14-6-5-7-15(8-14)10-19-4/h5-8,11,17H,9-10H2,1-4H3. The summed E-state index contributed by atoms with van der Waals surface area (Å²) in [6.45, 7) is 7.86. The topological polar surface area (TPSA) is 34.1 Å². The van der Waals surface area contributed by atoms with Gasteiger partial charge in [-0.15, -0.1) is 11.3 Å². The highest BCUT2D eigenvalue weighted by Gasteiger charge is 2.12. The molecule has 0 fully saturated rings. The molecule has 0 amide bonds. The first kappa shape index (κ1) is 15.2. The number of aryl methyl sites for hydroxylation is 2. The number of hydrogen-bond acceptors (Lipinski definition) is 4. The maximum absolute atomic E-state index is 5.17. The lowest BCUT2D eigenvalue weighted by atomic mass is 10.1. The van der Waals surface area contributed by atoms with Crippen LogP contribution in [0.2, 0.25) is 0 Å². The van der Waals surface area contributed by atoms with Crippen LogP contribution < -0.4 is 5.32 Å². The van der Waals surface area contributed by atoms with Crippen LogP contribution in [0.1, 0.15) is 39.7 Å². The number of benzene rings is 1. The lowest BCUT2D eigenvalue weighted by Crippen LogP contribution is -2.19. The van der Waals surface area contributed by atoms with E-state index in [1.807, 2.05) is 0 Å². The van der Waals surface area contributed by atoms with Crippen molar-refractivity contribution in [3.63, 3.8) is 0 Å². The molecule has 1 N–H and O–H groups in total. The van der Waals surface area contributed by atoms with Crippen molar-refractivity contribution in [3.8, 4) is 0 Å². The molecule has 1 aromatic carbocycles. The molecule has 0 radical (unpaired) electrons. The number of hydrogen-bond donors (Lipinski definition) is 1. The quantitative estimate of drug-likeness (QED) is 0.879. The Morgan fingerprint density at radius 2 is 2.05 bits per heavy atom. The van der Waals surface area contributed by atoms with Gasteiger partial charge in [0.15, 0.2) is 0 Å². The SMILES string of the molecule is COCc1cccc(CNC(C)c2nc(C)sc2C)c1. The van der Waals surface area contributed by atoms with Gasteiger partial charge in [-0.05, 0) is 31.9 Å². The highest BCUT2D eigenvalue weighted by molar-refractivity contribution is 7.11. The lowest BCUT2D eigenvalue weighted by Gasteiger charge is -2.13. The summed E-state index contributed by atoms with van der Waals surface area (Å²) in [4.78, 5) is 5.91. The third-order valence-corrected chi connectivity index (χ3v) is 4.17. The minimum atomic E-state index is 0.269. The molecule has 1 unspecified atom stereocenters. The largest absolute Gasteiger partial charge is 0.380 e. The maximum Gasteiger partial charge on any atom is 0.0900 e. The van der Waals surface area contributed by atoms with Crippen molar-refractivity contribution >= 4 is 11.3 Å². The van der Waals surface area contributed by atoms with Gasteiger partial charge in [0.05, 0.1) is 17.3 Å². The normalized spacial score (nSPS) is 12.6. The Morgan fingerprint density at radius 3 is 2.70 bits per heavy atom. The Morgan fingerprint density at radius 1 is 1.30 bits per heavy atom. The monoisotopic (exact) mass is 290 g/mol. The van der Waals surface area contributed by atoms with Crippen molar-refractivity contribution in [3.05, 3.63) is 51.0 Å². The Balaban J connectivity index is 1.98. The Hall–Kier alpha value is -1.23. The van der Waals surface area contributed by atoms with E-state index in [0.29, 0.717) is 6.61 Å². The summed E-state index contributed by atoms with van der Waals surface area (Å²) in [7, 11) is 1.72. The van der Waals surface area contributed by atoms with E-state index in [4.69, 9.17) is 4.74 Å². The molecule has 0 spiro atoms. The van der Waals surface area contributed by atoms with E-state index in [1.165, 1.54) is 21.7 Å². The predicted molar refractivity (Wildman–Crippen MR) is 84.0 cm³/mol. The van der Waals surface area contributed by atoms with E-state index in [1.54, 1.807) is 18.4 Å². The fraction of sp³-hybridized carbons (Fsp3) is 0.438. The summed E-state index contributed by atoms with van der Waals surface area (Å²) in [6, 6.07) is 8.75. The first-order valence-electron chi connectivity index (χ1n) is 6.84. The number of ether oxygens (including phenoxy) is 1. The van der Waals surface area contributed by atoms with Crippen LogP contribution in [0.5, 0.6) is 0 Å². The number of rotatable bonds is 6. The highest BCUT2D eigenvalue weighted by Crippen LogP contribution is 2.22. The summed E-state index contributed by atoms with van der Waals surface area (Å²) in [5, 5.41) is 4.67. The smallest absolute Gasteiger partial charge is 0.0900 e. The number of aromatic nitrogens is 1. The van der Waals surface area contributed by atoms with Crippen molar-refractivity contribution in [1.82, 2.24) is 10.3 Å². The van der Waals surface area contributed by atoms with Crippen LogP contribution in [0, 0.1) is 13.8 Å². The van der Waals surface area contributed by atoms with E-state index < -0.39 is 0 Å². The molecule has 1 atom stereocenters. The first-order chi connectivity index (χ1) is 9.60. The second kappa shape index (κ2) is 6.97. The van der Waals surface area contributed by atoms with Crippen molar-refractivity contribution in [1.29, 1.82) is 0 Å². The number of nitrogens with one attached hydrogen (secondary N) is 1. The Bertz CT molecular complexity index is 565. The first-order valence-corrected chi connectivity index (χ1v) is 7.66. The van der Waals surface area contributed by atoms with Crippen LogP contribution >= 0.6 is 11.3 Å². The predicted octanol–water partition coefficient (Wildman–Crippen LogP) is 3.76. The van der Waals surface area contributed by atoms with Crippen molar-refractivity contribution in [2.45, 2.75) is 40.0 Å². The van der Waals surface area contributed by atoms with Gasteiger partial charge in [-0.25, -0.2) is 4.98 Å². The zero-order chi connectivity index (χ0) is 14.5. The van der Waals surface area contributed by atoms with Crippen molar-refractivity contribution in [2.24, 2.45) is 0 Å². The van der Waals surface area contributed by atoms with E-state index >= 15 is 0 Å². The molecule has 1 aromatic heterocycles. The zero-order valence-electron chi connectivity index (χ0n) is 12.6. The highest BCUT2D eigenvalue weighted by atomic mass is 32.1. The zero-order valence-corrected chi connectivity index (χ0v) is 13.4. The van der Waals surface area contributed by atoms with Crippen LogP contribution in [0.15, 0.2) is 24.3 Å². The third kappa shape index (κ3) is 3.88. The average Bonchev–Trinajstić information content (AvgIpc) is 2.76. The van der Waals surface area contributed by atoms with E-state index in [2.05, 4.69) is 55.3 Å². The molecule has 1 heterocycles. The molecular formula is C16H22N2OS. The molecule has 20 heavy (non-hydrogen) atoms. The van der Waals surface area contributed by atoms with Gasteiger partial charge in [0, 0.05) is 24.6 Å². The lowest BCUT2D eigenvalue weighted by molar-refractivity contribution is 0.185. The van der Waals surface area contributed by atoms with Gasteiger partial charge in [-0.3, -0.25) is 0 Å². The molecule has 0 saturated carbocycles. The summed E-state index contributed by atoms with van der Waals surface area (Å²) in [5.41, 5.74) is 3.65. The minimum Gasteiger partial charge on any atom is -0.380 e. The Labute approximate surface area is 125 Å². The molecule has 2 rings (SSSR count). The second-order valence-electron chi connectivity index (χ2n) is 5.03. The van der Waals surface area contributed by atoms with Crippen molar-refractivity contribution < 1.29 is 4.74 Å². The summed E-state index contributed by atoms with van der Waals surface area (Å²) in [6.07, 6.45) is 0. The van der Waals surface area contributed by atoms with Crippen LogP contribution in [-0.4, -0.2) is 12.1 Å². The van der Waals surface area contributed by atoms with Gasteiger partial charge >= 0.3 is 0 Å². The van der Waals surface area contributed by atoms with E-state index in [9.17, 15) is 0 Å². The van der Waals surface area contributed by atoms with E-state index in [-0.39, 0.29) is 6.04 Å². The fourth-order valence-corrected chi connectivity index (χ4v) is 3.22. The molecule has 108 valence electrons. The Kier molecular flexibility index (Phi) is 5.29. The summed E-state index contributed by atoms with van der Waals surface area (Å²) in [5.74, 6) is 0. The third-order valence-electron chi connectivity index (χ3n) is 3.26.